The Labute approximate surface area is 133 Å². The average molecular weight is 327 g/mol. The van der Waals surface area contributed by atoms with Gasteiger partial charge in [-0.05, 0) is 32.0 Å². The quantitative estimate of drug-likeness (QED) is 0.935. The van der Waals surface area contributed by atoms with Crippen LogP contribution in [0.4, 0.5) is 5.69 Å². The molecule has 2 aromatic rings. The Bertz CT molecular complexity index is 649. The summed E-state index contributed by atoms with van der Waals surface area (Å²) in [5, 5.41) is 8.01. The van der Waals surface area contributed by atoms with Crippen molar-refractivity contribution in [2.45, 2.75) is 27.3 Å². The Kier molecular flexibility index (Phi) is 4.85. The lowest BCUT2D eigenvalue weighted by molar-refractivity contribution is -0.119. The Hall–Kier alpha value is -1.59. The fraction of sp³-hybridized carbons (Fsp3) is 0.357. The topological polar surface area (TPSA) is 59.8 Å². The molecule has 5 nitrogen and oxygen atoms in total. The lowest BCUT2D eigenvalue weighted by Gasteiger charge is -2.13. The molecule has 0 unspecified atom stereocenters. The van der Waals surface area contributed by atoms with Gasteiger partial charge >= 0.3 is 0 Å². The van der Waals surface area contributed by atoms with Crippen molar-refractivity contribution >= 4 is 34.8 Å². The molecule has 0 radical (unpaired) electrons. The summed E-state index contributed by atoms with van der Waals surface area (Å²) in [5.74, 6) is 1.10. The molecule has 21 heavy (non-hydrogen) atoms. The molecular weight excluding hydrogens is 311 g/mol. The molecule has 1 heterocycles. The molecule has 0 saturated heterocycles. The fourth-order valence-corrected chi connectivity index (χ4v) is 2.49. The van der Waals surface area contributed by atoms with Crippen LogP contribution in [-0.4, -0.2) is 20.7 Å². The summed E-state index contributed by atoms with van der Waals surface area (Å²) < 4.78 is 1.73. The molecule has 0 aliphatic heterocycles. The van der Waals surface area contributed by atoms with Crippen LogP contribution in [0.3, 0.4) is 0 Å². The molecule has 1 amide bonds. The van der Waals surface area contributed by atoms with Crippen LogP contribution in [0.25, 0.3) is 0 Å². The molecule has 1 N–H and O–H groups in total. The largest absolute Gasteiger partial charge is 0.326 e. The number of nitrogens with zero attached hydrogens (tertiary/aromatic N) is 3. The lowest BCUT2D eigenvalue weighted by atomic mass is 10.1. The highest BCUT2D eigenvalue weighted by Crippen LogP contribution is 2.23. The number of hydrogen-bond donors (Lipinski definition) is 1. The first-order valence-electron chi connectivity index (χ1n) is 6.50. The van der Waals surface area contributed by atoms with E-state index in [0.717, 1.165) is 5.82 Å². The molecule has 2 rings (SSSR count). The molecule has 0 saturated carbocycles. The average Bonchev–Trinajstić information content (AvgIpc) is 2.66. The van der Waals surface area contributed by atoms with Gasteiger partial charge in [0, 0.05) is 15.7 Å². The minimum absolute atomic E-state index is 0.124. The van der Waals surface area contributed by atoms with Gasteiger partial charge in [-0.2, -0.15) is 5.10 Å². The van der Waals surface area contributed by atoms with E-state index >= 15 is 0 Å². The molecule has 0 aliphatic carbocycles. The van der Waals surface area contributed by atoms with Crippen molar-refractivity contribution in [1.82, 2.24) is 14.8 Å². The number of nitrogens with one attached hydrogen (secondary N) is 1. The summed E-state index contributed by atoms with van der Waals surface area (Å²) in [6, 6.07) is 4.93. The Balaban J connectivity index is 2.04. The predicted molar refractivity (Wildman–Crippen MR) is 83.8 cm³/mol. The maximum absolute atomic E-state index is 12.2. The number of anilines is 1. The Morgan fingerprint density at radius 3 is 2.43 bits per heavy atom. The van der Waals surface area contributed by atoms with Gasteiger partial charge in [0.2, 0.25) is 5.91 Å². The summed E-state index contributed by atoms with van der Waals surface area (Å²) in [6.45, 7) is 5.98. The monoisotopic (exact) mass is 326 g/mol. The highest BCUT2D eigenvalue weighted by atomic mass is 35.5. The second kappa shape index (κ2) is 6.45. The van der Waals surface area contributed by atoms with E-state index in [9.17, 15) is 4.79 Å². The molecule has 112 valence electrons. The zero-order valence-electron chi connectivity index (χ0n) is 12.0. The van der Waals surface area contributed by atoms with Crippen LogP contribution in [0.15, 0.2) is 18.2 Å². The van der Waals surface area contributed by atoms with Crippen molar-refractivity contribution in [3.8, 4) is 0 Å². The van der Waals surface area contributed by atoms with Crippen molar-refractivity contribution < 1.29 is 4.79 Å². The summed E-state index contributed by atoms with van der Waals surface area (Å²) in [7, 11) is 0. The number of halogens is 2. The van der Waals surface area contributed by atoms with Crippen LogP contribution in [0, 0.1) is 19.8 Å². The van der Waals surface area contributed by atoms with Crippen LogP contribution in [0.1, 0.15) is 18.6 Å². The van der Waals surface area contributed by atoms with E-state index in [2.05, 4.69) is 15.4 Å². The maximum Gasteiger partial charge on any atom is 0.229 e. The minimum atomic E-state index is -0.262. The number of aryl methyl sites for hydroxylation is 2. The van der Waals surface area contributed by atoms with Gasteiger partial charge < -0.3 is 5.32 Å². The van der Waals surface area contributed by atoms with Gasteiger partial charge in [-0.15, -0.1) is 0 Å². The highest BCUT2D eigenvalue weighted by molar-refractivity contribution is 6.35. The molecule has 1 aromatic heterocycles. The number of aromatic nitrogens is 3. The zero-order valence-corrected chi connectivity index (χ0v) is 13.5. The van der Waals surface area contributed by atoms with Crippen LogP contribution in [0.2, 0.25) is 10.0 Å². The lowest BCUT2D eigenvalue weighted by Crippen LogP contribution is -2.25. The first-order valence-corrected chi connectivity index (χ1v) is 7.25. The second-order valence-corrected chi connectivity index (χ2v) is 5.81. The molecule has 0 bridgehead atoms. The van der Waals surface area contributed by atoms with Crippen molar-refractivity contribution in [3.05, 3.63) is 39.9 Å². The fourth-order valence-electron chi connectivity index (χ4n) is 1.97. The number of carbonyl (C=O) groups is 1. The van der Waals surface area contributed by atoms with Crippen LogP contribution in [-0.2, 0) is 11.3 Å². The van der Waals surface area contributed by atoms with Crippen LogP contribution >= 0.6 is 23.2 Å². The van der Waals surface area contributed by atoms with Crippen molar-refractivity contribution in [3.63, 3.8) is 0 Å². The molecule has 0 fully saturated rings. The highest BCUT2D eigenvalue weighted by Gasteiger charge is 2.16. The first-order chi connectivity index (χ1) is 9.85. The Morgan fingerprint density at radius 2 is 1.90 bits per heavy atom. The SMILES string of the molecule is Cc1nc(C)n(C[C@H](C)C(=O)Nc2cc(Cl)cc(Cl)c2)n1. The summed E-state index contributed by atoms with van der Waals surface area (Å²) in [4.78, 5) is 16.4. The van der Waals surface area contributed by atoms with Crippen molar-refractivity contribution in [1.29, 1.82) is 0 Å². The van der Waals surface area contributed by atoms with Crippen LogP contribution < -0.4 is 5.32 Å². The van der Waals surface area contributed by atoms with Crippen LogP contribution in [0.5, 0.6) is 0 Å². The smallest absolute Gasteiger partial charge is 0.229 e. The minimum Gasteiger partial charge on any atom is -0.326 e. The van der Waals surface area contributed by atoms with E-state index in [0.29, 0.717) is 28.1 Å². The first kappa shape index (κ1) is 15.8. The van der Waals surface area contributed by atoms with Crippen molar-refractivity contribution in [2.75, 3.05) is 5.32 Å². The summed E-state index contributed by atoms with van der Waals surface area (Å²) in [6.07, 6.45) is 0. The maximum atomic E-state index is 12.2. The number of carbonyl (C=O) groups excluding carboxylic acids is 1. The number of benzene rings is 1. The number of hydrogen-bond acceptors (Lipinski definition) is 3. The van der Waals surface area contributed by atoms with E-state index in [-0.39, 0.29) is 11.8 Å². The molecule has 0 aliphatic rings. The van der Waals surface area contributed by atoms with E-state index in [1.807, 2.05) is 20.8 Å². The number of amides is 1. The third kappa shape index (κ3) is 4.19. The molecule has 1 aromatic carbocycles. The van der Waals surface area contributed by atoms with E-state index in [4.69, 9.17) is 23.2 Å². The Morgan fingerprint density at radius 1 is 1.29 bits per heavy atom. The van der Waals surface area contributed by atoms with Gasteiger partial charge in [0.1, 0.15) is 11.6 Å². The molecule has 7 heteroatoms. The summed E-state index contributed by atoms with van der Waals surface area (Å²) >= 11 is 11.8. The van der Waals surface area contributed by atoms with Gasteiger partial charge in [-0.1, -0.05) is 30.1 Å². The molecule has 0 spiro atoms. The van der Waals surface area contributed by atoms with E-state index in [1.54, 1.807) is 22.9 Å². The van der Waals surface area contributed by atoms with E-state index in [1.165, 1.54) is 0 Å². The number of rotatable bonds is 4. The molecule has 1 atom stereocenters. The summed E-state index contributed by atoms with van der Waals surface area (Å²) in [5.41, 5.74) is 0.579. The van der Waals surface area contributed by atoms with Gasteiger partial charge in [-0.25, -0.2) is 9.67 Å². The normalized spacial score (nSPS) is 12.2. The van der Waals surface area contributed by atoms with Gasteiger partial charge in [0.25, 0.3) is 0 Å². The predicted octanol–water partition coefficient (Wildman–Crippen LogP) is 3.48. The second-order valence-electron chi connectivity index (χ2n) is 4.94. The van der Waals surface area contributed by atoms with Gasteiger partial charge in [-0.3, -0.25) is 4.79 Å². The van der Waals surface area contributed by atoms with E-state index < -0.39 is 0 Å². The standard InChI is InChI=1S/C14H16Cl2N4O/c1-8(7-20-10(3)17-9(2)19-20)14(21)18-13-5-11(15)4-12(16)6-13/h4-6,8H,7H2,1-3H3,(H,18,21)/t8-/m0/s1. The van der Waals surface area contributed by atoms with Gasteiger partial charge in [0.05, 0.1) is 12.5 Å². The van der Waals surface area contributed by atoms with Crippen molar-refractivity contribution in [2.24, 2.45) is 5.92 Å². The third-order valence-corrected chi connectivity index (χ3v) is 3.42. The third-order valence-electron chi connectivity index (χ3n) is 2.99. The molecular formula is C14H16Cl2N4O. The van der Waals surface area contributed by atoms with Gasteiger partial charge in [0.15, 0.2) is 0 Å². The zero-order chi connectivity index (χ0) is 15.6.